The van der Waals surface area contributed by atoms with E-state index in [0.29, 0.717) is 5.84 Å². The maximum Gasteiger partial charge on any atom is 0.264 e. The fourth-order valence-electron chi connectivity index (χ4n) is 1.18. The Morgan fingerprint density at radius 2 is 1.75 bits per heavy atom. The van der Waals surface area contributed by atoms with Crippen LogP contribution in [0, 0.1) is 6.92 Å². The molecule has 1 aromatic carbocycles. The molecular weight excluding hydrogens is 224 g/mol. The summed E-state index contributed by atoms with van der Waals surface area (Å²) < 4.78 is 25.4. The first-order valence-electron chi connectivity index (χ1n) is 4.88. The number of hydrogen-bond acceptors (Lipinski definition) is 3. The van der Waals surface area contributed by atoms with Gasteiger partial charge in [-0.25, -0.2) is 8.42 Å². The second-order valence-corrected chi connectivity index (χ2v) is 5.53. The average Bonchev–Trinajstić information content (AvgIpc) is 2.27. The Balaban J connectivity index is 3.17. The average molecular weight is 240 g/mol. The van der Waals surface area contributed by atoms with Crippen molar-refractivity contribution in [3.63, 3.8) is 0 Å². The van der Waals surface area contributed by atoms with Crippen molar-refractivity contribution in [2.24, 2.45) is 4.99 Å². The molecule has 1 rings (SSSR count). The number of sulfonamides is 1. The van der Waals surface area contributed by atoms with Gasteiger partial charge in [0, 0.05) is 14.1 Å². The number of rotatable bonds is 2. The fourth-order valence-corrected chi connectivity index (χ4v) is 2.41. The number of aryl methyl sites for hydroxylation is 1. The molecule has 0 aromatic heterocycles. The van der Waals surface area contributed by atoms with E-state index in [1.165, 1.54) is 11.4 Å². The van der Waals surface area contributed by atoms with E-state index in [9.17, 15) is 8.42 Å². The van der Waals surface area contributed by atoms with Crippen LogP contribution in [0.4, 0.5) is 0 Å². The Labute approximate surface area is 96.7 Å². The van der Waals surface area contributed by atoms with Gasteiger partial charge < -0.3 is 0 Å². The molecule has 4 nitrogen and oxygen atoms in total. The summed E-state index contributed by atoms with van der Waals surface area (Å²) in [5.74, 6) is 0.459. The number of benzene rings is 1. The van der Waals surface area contributed by atoms with Gasteiger partial charge in [0.2, 0.25) is 0 Å². The van der Waals surface area contributed by atoms with Crippen LogP contribution in [0.15, 0.2) is 34.2 Å². The summed E-state index contributed by atoms with van der Waals surface area (Å²) in [6, 6.07) is 6.76. The predicted octanol–water partition coefficient (Wildman–Crippen LogP) is 1.66. The zero-order valence-corrected chi connectivity index (χ0v) is 10.7. The molecule has 16 heavy (non-hydrogen) atoms. The number of hydrogen-bond donors (Lipinski definition) is 0. The molecule has 0 fully saturated rings. The molecule has 0 aliphatic heterocycles. The van der Waals surface area contributed by atoms with Crippen molar-refractivity contribution in [2.45, 2.75) is 18.7 Å². The molecule has 0 aliphatic rings. The molecule has 1 aromatic rings. The monoisotopic (exact) mass is 240 g/mol. The highest BCUT2D eigenvalue weighted by atomic mass is 32.2. The molecule has 0 spiro atoms. The van der Waals surface area contributed by atoms with Crippen molar-refractivity contribution in [1.82, 2.24) is 4.31 Å². The number of nitrogens with zero attached hydrogens (tertiary/aromatic N) is 2. The third-order valence-corrected chi connectivity index (χ3v) is 4.31. The van der Waals surface area contributed by atoms with Crippen molar-refractivity contribution in [2.75, 3.05) is 14.1 Å². The Morgan fingerprint density at radius 1 is 1.25 bits per heavy atom. The summed E-state index contributed by atoms with van der Waals surface area (Å²) in [6.45, 7) is 3.57. The van der Waals surface area contributed by atoms with E-state index in [1.807, 2.05) is 6.92 Å². The molecular formula is C11H16N2O2S. The fraction of sp³-hybridized carbons (Fsp3) is 0.364. The lowest BCUT2D eigenvalue weighted by molar-refractivity contribution is 0.551. The van der Waals surface area contributed by atoms with Crippen LogP contribution in [0.2, 0.25) is 0 Å². The van der Waals surface area contributed by atoms with Crippen LogP contribution in [-0.2, 0) is 10.0 Å². The SMILES string of the molecule is CN=C(C)N(C)S(=O)(=O)c1ccc(C)cc1. The highest BCUT2D eigenvalue weighted by molar-refractivity contribution is 7.89. The molecule has 0 heterocycles. The molecule has 0 aliphatic carbocycles. The van der Waals surface area contributed by atoms with Crippen molar-refractivity contribution < 1.29 is 8.42 Å². The first-order valence-corrected chi connectivity index (χ1v) is 6.32. The Kier molecular flexibility index (Phi) is 3.70. The molecule has 0 unspecified atom stereocenters. The minimum absolute atomic E-state index is 0.281. The van der Waals surface area contributed by atoms with E-state index in [0.717, 1.165) is 5.56 Å². The second kappa shape index (κ2) is 4.65. The second-order valence-electron chi connectivity index (χ2n) is 3.56. The summed E-state index contributed by atoms with van der Waals surface area (Å²) in [7, 11) is -0.401. The Morgan fingerprint density at radius 3 is 2.19 bits per heavy atom. The van der Waals surface area contributed by atoms with Crippen molar-refractivity contribution >= 4 is 15.9 Å². The molecule has 0 saturated carbocycles. The number of amidine groups is 1. The number of aliphatic imine (C=N–C) groups is 1. The normalized spacial score (nSPS) is 12.6. The molecule has 0 bridgehead atoms. The van der Waals surface area contributed by atoms with Crippen molar-refractivity contribution in [3.8, 4) is 0 Å². The quantitative estimate of drug-likeness (QED) is 0.583. The van der Waals surface area contributed by atoms with Crippen molar-refractivity contribution in [1.29, 1.82) is 0 Å². The van der Waals surface area contributed by atoms with E-state index in [1.54, 1.807) is 38.2 Å². The predicted molar refractivity (Wildman–Crippen MR) is 65.2 cm³/mol. The van der Waals surface area contributed by atoms with Gasteiger partial charge in [-0.3, -0.25) is 9.30 Å². The van der Waals surface area contributed by atoms with Crippen LogP contribution in [0.5, 0.6) is 0 Å². The molecule has 5 heteroatoms. The van der Waals surface area contributed by atoms with Crippen LogP contribution in [0.3, 0.4) is 0 Å². The third kappa shape index (κ3) is 2.41. The van der Waals surface area contributed by atoms with Gasteiger partial charge in [-0.2, -0.15) is 0 Å². The molecule has 0 saturated heterocycles. The standard InChI is InChI=1S/C11H16N2O2S/c1-9-5-7-11(8-6-9)16(14,15)13(4)10(2)12-3/h5-8H,1-4H3. The largest absolute Gasteiger partial charge is 0.275 e. The highest BCUT2D eigenvalue weighted by Crippen LogP contribution is 2.15. The summed E-state index contributed by atoms with van der Waals surface area (Å²) in [4.78, 5) is 4.14. The summed E-state index contributed by atoms with van der Waals surface area (Å²) in [5, 5.41) is 0. The first kappa shape index (κ1) is 12.7. The summed E-state index contributed by atoms with van der Waals surface area (Å²) >= 11 is 0. The smallest absolute Gasteiger partial charge is 0.264 e. The Hall–Kier alpha value is -1.36. The van der Waals surface area contributed by atoms with Crippen LogP contribution in [0.1, 0.15) is 12.5 Å². The highest BCUT2D eigenvalue weighted by Gasteiger charge is 2.20. The van der Waals surface area contributed by atoms with E-state index in [2.05, 4.69) is 4.99 Å². The van der Waals surface area contributed by atoms with Crippen LogP contribution in [-0.4, -0.2) is 32.7 Å². The molecule has 0 radical (unpaired) electrons. The maximum absolute atomic E-state index is 12.1. The van der Waals surface area contributed by atoms with Gasteiger partial charge >= 0.3 is 0 Å². The molecule has 0 atom stereocenters. The van der Waals surface area contributed by atoms with E-state index < -0.39 is 10.0 Å². The van der Waals surface area contributed by atoms with Gasteiger partial charge in [0.25, 0.3) is 10.0 Å². The van der Waals surface area contributed by atoms with Crippen molar-refractivity contribution in [3.05, 3.63) is 29.8 Å². The van der Waals surface area contributed by atoms with Gasteiger partial charge in [-0.15, -0.1) is 0 Å². The Bertz CT molecular complexity index is 489. The van der Waals surface area contributed by atoms with Gasteiger partial charge in [-0.1, -0.05) is 17.7 Å². The molecule has 88 valence electrons. The van der Waals surface area contributed by atoms with Crippen LogP contribution < -0.4 is 0 Å². The minimum atomic E-state index is -3.46. The lowest BCUT2D eigenvalue weighted by Crippen LogP contribution is -2.31. The zero-order valence-electron chi connectivity index (χ0n) is 9.93. The van der Waals surface area contributed by atoms with Gasteiger partial charge in [0.05, 0.1) is 4.90 Å². The molecule has 0 amide bonds. The first-order chi connectivity index (χ1) is 7.39. The summed E-state index contributed by atoms with van der Waals surface area (Å²) in [5.41, 5.74) is 1.03. The van der Waals surface area contributed by atoms with Gasteiger partial charge in [0.1, 0.15) is 5.84 Å². The van der Waals surface area contributed by atoms with E-state index >= 15 is 0 Å². The topological polar surface area (TPSA) is 49.7 Å². The lowest BCUT2D eigenvalue weighted by atomic mass is 10.2. The summed E-state index contributed by atoms with van der Waals surface area (Å²) in [6.07, 6.45) is 0. The van der Waals surface area contributed by atoms with Gasteiger partial charge in [-0.05, 0) is 26.0 Å². The van der Waals surface area contributed by atoms with Gasteiger partial charge in [0.15, 0.2) is 0 Å². The van der Waals surface area contributed by atoms with Crippen LogP contribution in [0.25, 0.3) is 0 Å². The van der Waals surface area contributed by atoms with Crippen LogP contribution >= 0.6 is 0 Å². The third-order valence-electron chi connectivity index (χ3n) is 2.46. The maximum atomic E-state index is 12.1. The minimum Gasteiger partial charge on any atom is -0.275 e. The zero-order chi connectivity index (χ0) is 12.3. The van der Waals surface area contributed by atoms with E-state index in [4.69, 9.17) is 0 Å². The van der Waals surface area contributed by atoms with E-state index in [-0.39, 0.29) is 4.90 Å². The molecule has 0 N–H and O–H groups in total. The lowest BCUT2D eigenvalue weighted by Gasteiger charge is -2.18.